The average molecular weight is 190 g/mol. The highest BCUT2D eigenvalue weighted by molar-refractivity contribution is 5.05. The van der Waals surface area contributed by atoms with Gasteiger partial charge in [-0.05, 0) is 0 Å². The lowest BCUT2D eigenvalue weighted by Crippen LogP contribution is -2.12. The lowest BCUT2D eigenvalue weighted by Gasteiger charge is -2.04. The fraction of sp³-hybridized carbons (Fsp3) is 0.500. The molecule has 0 radical (unpaired) electrons. The van der Waals surface area contributed by atoms with E-state index in [1.54, 1.807) is 6.07 Å². The zero-order valence-corrected chi connectivity index (χ0v) is 6.41. The fourth-order valence-electron chi connectivity index (χ4n) is 0.695. The largest absolute Gasteiger partial charge is 0.390 e. The molecule has 0 bridgehead atoms. The number of hydrogen-bond acceptors (Lipinski definition) is 3. The van der Waals surface area contributed by atoms with E-state index < -0.39 is 12.6 Å². The van der Waals surface area contributed by atoms with Gasteiger partial charge in [0.15, 0.2) is 0 Å². The molecule has 1 rings (SSSR count). The Labute approximate surface area is 71.6 Å². The van der Waals surface area contributed by atoms with Gasteiger partial charge >= 0.3 is 6.18 Å². The molecule has 0 fully saturated rings. The number of alkyl halides is 3. The maximum absolute atomic E-state index is 11.7. The molecule has 0 aliphatic rings. The van der Waals surface area contributed by atoms with E-state index in [9.17, 15) is 13.2 Å². The predicted molar refractivity (Wildman–Crippen MR) is 35.4 cm³/mol. The van der Waals surface area contributed by atoms with Gasteiger partial charge in [-0.1, -0.05) is 0 Å². The first-order valence-electron chi connectivity index (χ1n) is 3.37. The van der Waals surface area contributed by atoms with Gasteiger partial charge in [0.1, 0.15) is 12.4 Å². The zero-order chi connectivity index (χ0) is 9.90. The van der Waals surface area contributed by atoms with Gasteiger partial charge in [0.25, 0.3) is 5.82 Å². The van der Waals surface area contributed by atoms with Crippen molar-refractivity contribution >= 4 is 0 Å². The normalized spacial score (nSPS) is 11.2. The highest BCUT2D eigenvalue weighted by atomic mass is 19.4. The third-order valence-corrected chi connectivity index (χ3v) is 1.26. The Morgan fingerprint density at radius 3 is 2.69 bits per heavy atom. The summed E-state index contributed by atoms with van der Waals surface area (Å²) in [7, 11) is 0. The lowest BCUT2D eigenvalue weighted by molar-refractivity contribution is -0.137. The first-order chi connectivity index (χ1) is 6.01. The lowest BCUT2D eigenvalue weighted by atomic mass is 10.4. The smallest absolute Gasteiger partial charge is 0.251 e. The molecule has 0 saturated heterocycles. The highest BCUT2D eigenvalue weighted by Crippen LogP contribution is 2.19. The van der Waals surface area contributed by atoms with E-state index in [2.05, 4.69) is 10.1 Å². The molecule has 1 aromatic rings. The molecule has 0 saturated carbocycles. The van der Waals surface area contributed by atoms with Gasteiger partial charge in [0.2, 0.25) is 0 Å². The molecule has 4 nitrogen and oxygen atoms in total. The Balaban J connectivity index is 2.52. The minimum absolute atomic E-state index is 0.123. The van der Waals surface area contributed by atoms with E-state index in [0.717, 1.165) is 11.0 Å². The number of aromatic nitrogens is 3. The van der Waals surface area contributed by atoms with Crippen LogP contribution in [0.5, 0.6) is 0 Å². The summed E-state index contributed by atoms with van der Waals surface area (Å²) in [5, 5.41) is 11.7. The Morgan fingerprint density at radius 1 is 1.54 bits per heavy atom. The van der Waals surface area contributed by atoms with Crippen LogP contribution in [-0.4, -0.2) is 20.9 Å². The van der Waals surface area contributed by atoms with Gasteiger partial charge in [-0.2, -0.15) is 18.4 Å². The number of rotatable bonds is 2. The van der Waals surface area contributed by atoms with Gasteiger partial charge < -0.3 is 0 Å². The van der Waals surface area contributed by atoms with E-state index in [-0.39, 0.29) is 12.4 Å². The minimum Gasteiger partial charge on any atom is -0.251 e. The van der Waals surface area contributed by atoms with Gasteiger partial charge in [-0.3, -0.25) is 4.68 Å². The summed E-state index contributed by atoms with van der Waals surface area (Å²) in [4.78, 5) is 3.46. The third kappa shape index (κ3) is 3.11. The highest BCUT2D eigenvalue weighted by Gasteiger charge is 2.26. The number of hydrogen-bond donors (Lipinski definition) is 0. The van der Waals surface area contributed by atoms with Crippen LogP contribution in [0.1, 0.15) is 12.2 Å². The number of halogens is 3. The molecule has 0 amide bonds. The molecule has 0 aliphatic carbocycles. The molecule has 0 unspecified atom stereocenters. The summed E-state index contributed by atoms with van der Waals surface area (Å²) in [5.41, 5.74) is 0. The maximum atomic E-state index is 11.7. The van der Waals surface area contributed by atoms with Crippen molar-refractivity contribution in [2.24, 2.45) is 0 Å². The average Bonchev–Trinajstić information content (AvgIpc) is 2.47. The molecule has 1 heterocycles. The summed E-state index contributed by atoms with van der Waals surface area (Å²) >= 11 is 0. The Bertz CT molecular complexity index is 321. The topological polar surface area (TPSA) is 54.5 Å². The van der Waals surface area contributed by atoms with Crippen LogP contribution in [0.15, 0.2) is 6.33 Å². The molecular formula is C6H5F3N4. The van der Waals surface area contributed by atoms with Crippen LogP contribution < -0.4 is 0 Å². The molecule has 0 spiro atoms. The molecule has 0 aromatic carbocycles. The number of nitriles is 1. The number of nitrogens with zero attached hydrogens (tertiary/aromatic N) is 4. The second-order valence-electron chi connectivity index (χ2n) is 2.31. The predicted octanol–water partition coefficient (Wildman–Crippen LogP) is 1.10. The van der Waals surface area contributed by atoms with Crippen LogP contribution in [-0.2, 0) is 6.54 Å². The Hall–Kier alpha value is -1.58. The zero-order valence-electron chi connectivity index (χ0n) is 6.41. The summed E-state index contributed by atoms with van der Waals surface area (Å²) in [5.74, 6) is -0.123. The van der Waals surface area contributed by atoms with Crippen molar-refractivity contribution in [1.29, 1.82) is 5.26 Å². The summed E-state index contributed by atoms with van der Waals surface area (Å²) in [6.07, 6.45) is -4.08. The van der Waals surface area contributed by atoms with Crippen molar-refractivity contribution in [3.63, 3.8) is 0 Å². The molecule has 0 atom stereocenters. The second kappa shape index (κ2) is 3.43. The van der Waals surface area contributed by atoms with Crippen molar-refractivity contribution in [3.8, 4) is 6.07 Å². The quantitative estimate of drug-likeness (QED) is 0.701. The van der Waals surface area contributed by atoms with Crippen molar-refractivity contribution < 1.29 is 13.2 Å². The molecule has 13 heavy (non-hydrogen) atoms. The van der Waals surface area contributed by atoms with E-state index in [4.69, 9.17) is 5.26 Å². The first kappa shape index (κ1) is 9.51. The molecule has 0 aliphatic heterocycles. The third-order valence-electron chi connectivity index (χ3n) is 1.26. The van der Waals surface area contributed by atoms with Gasteiger partial charge in [0.05, 0.1) is 13.0 Å². The van der Waals surface area contributed by atoms with E-state index >= 15 is 0 Å². The first-order valence-corrected chi connectivity index (χ1v) is 3.37. The van der Waals surface area contributed by atoms with Crippen LogP contribution >= 0.6 is 0 Å². The van der Waals surface area contributed by atoms with Crippen LogP contribution in [0.4, 0.5) is 13.2 Å². The SMILES string of the molecule is N#Cc1ncn(CCC(F)(F)F)n1. The van der Waals surface area contributed by atoms with Crippen LogP contribution in [0.25, 0.3) is 0 Å². The van der Waals surface area contributed by atoms with Gasteiger partial charge in [-0.15, -0.1) is 5.10 Å². The molecule has 1 aromatic heterocycles. The van der Waals surface area contributed by atoms with Gasteiger partial charge in [-0.25, -0.2) is 4.98 Å². The fourth-order valence-corrected chi connectivity index (χ4v) is 0.695. The van der Waals surface area contributed by atoms with Gasteiger partial charge in [0, 0.05) is 0 Å². The van der Waals surface area contributed by atoms with Crippen molar-refractivity contribution in [3.05, 3.63) is 12.2 Å². The standard InChI is InChI=1S/C6H5F3N4/c7-6(8,9)1-2-13-4-11-5(3-10)12-13/h4H,1-2H2. The summed E-state index contributed by atoms with van der Waals surface area (Å²) in [6, 6.07) is 1.62. The van der Waals surface area contributed by atoms with Crippen LogP contribution in [0, 0.1) is 11.3 Å². The molecule has 7 heteroatoms. The second-order valence-corrected chi connectivity index (χ2v) is 2.31. The minimum atomic E-state index is -4.21. The van der Waals surface area contributed by atoms with E-state index in [1.807, 2.05) is 0 Å². The Kier molecular flexibility index (Phi) is 2.51. The van der Waals surface area contributed by atoms with E-state index in [1.165, 1.54) is 0 Å². The number of aryl methyl sites for hydroxylation is 1. The summed E-state index contributed by atoms with van der Waals surface area (Å²) < 4.78 is 36.1. The molecule has 70 valence electrons. The monoisotopic (exact) mass is 190 g/mol. The van der Waals surface area contributed by atoms with E-state index in [0.29, 0.717) is 0 Å². The van der Waals surface area contributed by atoms with Crippen molar-refractivity contribution in [1.82, 2.24) is 14.8 Å². The Morgan fingerprint density at radius 2 is 2.23 bits per heavy atom. The van der Waals surface area contributed by atoms with Crippen LogP contribution in [0.2, 0.25) is 0 Å². The van der Waals surface area contributed by atoms with Crippen molar-refractivity contribution in [2.75, 3.05) is 0 Å². The summed E-state index contributed by atoms with van der Waals surface area (Å²) in [6.45, 7) is -0.307. The molecular weight excluding hydrogens is 185 g/mol. The molecule has 0 N–H and O–H groups in total. The maximum Gasteiger partial charge on any atom is 0.390 e. The van der Waals surface area contributed by atoms with Crippen LogP contribution in [0.3, 0.4) is 0 Å². The van der Waals surface area contributed by atoms with Crippen molar-refractivity contribution in [2.45, 2.75) is 19.1 Å².